The quantitative estimate of drug-likeness (QED) is 0.818. The summed E-state index contributed by atoms with van der Waals surface area (Å²) < 4.78 is 25.1. The van der Waals surface area contributed by atoms with E-state index in [-0.39, 0.29) is 5.56 Å². The number of halogens is 4. The van der Waals surface area contributed by atoms with E-state index in [0.29, 0.717) is 5.02 Å². The average Bonchev–Trinajstić information content (AvgIpc) is 2.03. The molecule has 0 aliphatic carbocycles. The van der Waals surface area contributed by atoms with Crippen LogP contribution in [0.2, 0.25) is 5.02 Å². The molecule has 0 spiro atoms. The summed E-state index contributed by atoms with van der Waals surface area (Å²) in [6, 6.07) is 5.59. The molecule has 0 aromatic heterocycles. The molecule has 1 N–H and O–H groups in total. The van der Waals surface area contributed by atoms with Crippen molar-refractivity contribution in [1.82, 2.24) is 0 Å². The lowest BCUT2D eigenvalue weighted by Gasteiger charge is -2.16. The molecule has 0 fully saturated rings. The summed E-state index contributed by atoms with van der Waals surface area (Å²) in [5.74, 6) is 0. The Morgan fingerprint density at radius 3 is 2.15 bits per heavy atom. The van der Waals surface area contributed by atoms with Gasteiger partial charge in [-0.25, -0.2) is 0 Å². The van der Waals surface area contributed by atoms with Crippen LogP contribution in [-0.2, 0) is 0 Å². The van der Waals surface area contributed by atoms with E-state index in [1.165, 1.54) is 24.3 Å². The highest BCUT2D eigenvalue weighted by molar-refractivity contribution is 9.10. The molecule has 1 unspecified atom stereocenters. The molecule has 0 amide bonds. The summed E-state index contributed by atoms with van der Waals surface area (Å²) in [5, 5.41) is 9.55. The summed E-state index contributed by atoms with van der Waals surface area (Å²) >= 11 is 7.63. The standard InChI is InChI=1S/C8H6BrClF2O/c9-8(11,12)7(13)5-1-3-6(10)4-2-5/h1-4,7,13H. The minimum Gasteiger partial charge on any atom is -0.381 e. The second-order valence-electron chi connectivity index (χ2n) is 2.50. The Labute approximate surface area is 87.5 Å². The first kappa shape index (κ1) is 10.9. The maximum Gasteiger partial charge on any atom is 0.330 e. The van der Waals surface area contributed by atoms with Gasteiger partial charge in [0, 0.05) is 5.02 Å². The SMILES string of the molecule is OC(c1ccc(Cl)cc1)C(F)(F)Br. The fourth-order valence-corrected chi connectivity index (χ4v) is 1.22. The molecule has 72 valence electrons. The molecule has 0 radical (unpaired) electrons. The van der Waals surface area contributed by atoms with Crippen molar-refractivity contribution < 1.29 is 13.9 Å². The number of rotatable bonds is 2. The van der Waals surface area contributed by atoms with Gasteiger partial charge in [-0.15, -0.1) is 0 Å². The third-order valence-electron chi connectivity index (χ3n) is 1.50. The molecule has 0 heterocycles. The molecule has 0 aliphatic rings. The lowest BCUT2D eigenvalue weighted by atomic mass is 10.1. The van der Waals surface area contributed by atoms with Crippen LogP contribution in [0.25, 0.3) is 0 Å². The molecule has 0 bridgehead atoms. The highest BCUT2D eigenvalue weighted by atomic mass is 79.9. The third kappa shape index (κ3) is 2.90. The van der Waals surface area contributed by atoms with Crippen LogP contribution in [0.3, 0.4) is 0 Å². The monoisotopic (exact) mass is 270 g/mol. The van der Waals surface area contributed by atoms with E-state index >= 15 is 0 Å². The highest BCUT2D eigenvalue weighted by Gasteiger charge is 2.35. The van der Waals surface area contributed by atoms with Crippen molar-refractivity contribution in [3.8, 4) is 0 Å². The van der Waals surface area contributed by atoms with Crippen molar-refractivity contribution in [1.29, 1.82) is 0 Å². The molecule has 1 aromatic carbocycles. The zero-order valence-corrected chi connectivity index (χ0v) is 8.69. The second-order valence-corrected chi connectivity index (χ2v) is 3.99. The topological polar surface area (TPSA) is 20.2 Å². The Balaban J connectivity index is 2.90. The lowest BCUT2D eigenvalue weighted by molar-refractivity contribution is -0.0294. The number of hydrogen-bond acceptors (Lipinski definition) is 1. The van der Waals surface area contributed by atoms with Gasteiger partial charge in [0.2, 0.25) is 0 Å². The number of benzene rings is 1. The van der Waals surface area contributed by atoms with E-state index in [1.54, 1.807) is 0 Å². The zero-order valence-electron chi connectivity index (χ0n) is 6.35. The summed E-state index contributed by atoms with van der Waals surface area (Å²) in [6.07, 6.45) is -1.86. The Hall–Kier alpha value is -0.190. The summed E-state index contributed by atoms with van der Waals surface area (Å²) in [5.41, 5.74) is 0.117. The lowest BCUT2D eigenvalue weighted by Crippen LogP contribution is -2.17. The molecular weight excluding hydrogens is 265 g/mol. The molecule has 1 nitrogen and oxygen atoms in total. The first-order valence-electron chi connectivity index (χ1n) is 3.41. The Morgan fingerprint density at radius 2 is 1.77 bits per heavy atom. The minimum atomic E-state index is -3.32. The smallest absolute Gasteiger partial charge is 0.330 e. The number of hydrogen-bond donors (Lipinski definition) is 1. The van der Waals surface area contributed by atoms with Crippen molar-refractivity contribution in [2.24, 2.45) is 0 Å². The highest BCUT2D eigenvalue weighted by Crippen LogP contribution is 2.36. The molecular formula is C8H6BrClF2O. The zero-order chi connectivity index (χ0) is 10.1. The summed E-state index contributed by atoms with van der Waals surface area (Å²) in [4.78, 5) is -3.32. The van der Waals surface area contributed by atoms with Gasteiger partial charge in [0.1, 0.15) is 0 Å². The van der Waals surface area contributed by atoms with Crippen LogP contribution in [0.1, 0.15) is 11.7 Å². The average molecular weight is 271 g/mol. The van der Waals surface area contributed by atoms with Crippen LogP contribution < -0.4 is 0 Å². The molecule has 0 saturated heterocycles. The fourth-order valence-electron chi connectivity index (χ4n) is 0.834. The molecule has 13 heavy (non-hydrogen) atoms. The maximum absolute atomic E-state index is 12.5. The Kier molecular flexibility index (Phi) is 3.27. The van der Waals surface area contributed by atoms with E-state index in [0.717, 1.165) is 0 Å². The summed E-state index contributed by atoms with van der Waals surface area (Å²) in [7, 11) is 0. The Bertz CT molecular complexity index is 283. The van der Waals surface area contributed by atoms with Gasteiger partial charge >= 0.3 is 4.83 Å². The first-order valence-corrected chi connectivity index (χ1v) is 4.58. The van der Waals surface area contributed by atoms with Gasteiger partial charge in [-0.1, -0.05) is 23.7 Å². The third-order valence-corrected chi connectivity index (χ3v) is 2.18. The minimum absolute atomic E-state index is 0.117. The van der Waals surface area contributed by atoms with E-state index < -0.39 is 10.9 Å². The van der Waals surface area contributed by atoms with E-state index in [4.69, 9.17) is 16.7 Å². The van der Waals surface area contributed by atoms with Crippen LogP contribution in [0.15, 0.2) is 24.3 Å². The maximum atomic E-state index is 12.5. The van der Waals surface area contributed by atoms with Crippen LogP contribution in [0.5, 0.6) is 0 Å². The number of alkyl halides is 3. The largest absolute Gasteiger partial charge is 0.381 e. The van der Waals surface area contributed by atoms with Crippen LogP contribution >= 0.6 is 27.5 Å². The predicted molar refractivity (Wildman–Crippen MR) is 50.3 cm³/mol. The normalized spacial score (nSPS) is 14.2. The van der Waals surface area contributed by atoms with Crippen LogP contribution in [-0.4, -0.2) is 9.94 Å². The van der Waals surface area contributed by atoms with Crippen molar-refractivity contribution in [2.45, 2.75) is 10.9 Å². The summed E-state index contributed by atoms with van der Waals surface area (Å²) in [6.45, 7) is 0. The molecule has 1 rings (SSSR count). The van der Waals surface area contributed by atoms with E-state index in [9.17, 15) is 8.78 Å². The van der Waals surface area contributed by atoms with Crippen molar-refractivity contribution >= 4 is 27.5 Å². The molecule has 0 saturated carbocycles. The van der Waals surface area contributed by atoms with Crippen molar-refractivity contribution in [2.75, 3.05) is 0 Å². The van der Waals surface area contributed by atoms with E-state index in [2.05, 4.69) is 15.9 Å². The van der Waals surface area contributed by atoms with Gasteiger partial charge in [0.15, 0.2) is 6.10 Å². The molecule has 0 aliphatic heterocycles. The number of aliphatic hydroxyl groups excluding tert-OH is 1. The molecule has 5 heteroatoms. The van der Waals surface area contributed by atoms with Crippen molar-refractivity contribution in [3.05, 3.63) is 34.9 Å². The predicted octanol–water partition coefficient (Wildman–Crippen LogP) is 3.36. The van der Waals surface area contributed by atoms with Gasteiger partial charge in [0.05, 0.1) is 0 Å². The second kappa shape index (κ2) is 3.90. The number of aliphatic hydroxyl groups is 1. The van der Waals surface area contributed by atoms with E-state index in [1.807, 2.05) is 0 Å². The first-order chi connectivity index (χ1) is 5.91. The van der Waals surface area contributed by atoms with Gasteiger partial charge in [0.25, 0.3) is 0 Å². The Morgan fingerprint density at radius 1 is 1.31 bits per heavy atom. The fraction of sp³-hybridized carbons (Fsp3) is 0.250. The van der Waals surface area contributed by atoms with Crippen LogP contribution in [0, 0.1) is 0 Å². The molecule has 1 atom stereocenters. The van der Waals surface area contributed by atoms with Gasteiger partial charge < -0.3 is 5.11 Å². The molecule has 1 aromatic rings. The van der Waals surface area contributed by atoms with Crippen molar-refractivity contribution in [3.63, 3.8) is 0 Å². The van der Waals surface area contributed by atoms with Gasteiger partial charge in [-0.2, -0.15) is 8.78 Å². The van der Waals surface area contributed by atoms with Crippen LogP contribution in [0.4, 0.5) is 8.78 Å². The van der Waals surface area contributed by atoms with Gasteiger partial charge in [-0.3, -0.25) is 0 Å². The van der Waals surface area contributed by atoms with Gasteiger partial charge in [-0.05, 0) is 33.6 Å².